The van der Waals surface area contributed by atoms with Gasteiger partial charge in [-0.25, -0.2) is 4.68 Å². The van der Waals surface area contributed by atoms with Crippen LogP contribution in [0.4, 0.5) is 13.2 Å². The Balaban J connectivity index is 2.04. The quantitative estimate of drug-likeness (QED) is 0.568. The summed E-state index contributed by atoms with van der Waals surface area (Å²) in [6.45, 7) is 2.31. The largest absolute Gasteiger partial charge is 0.772 e. The Morgan fingerprint density at radius 2 is 1.75 bits per heavy atom. The van der Waals surface area contributed by atoms with Crippen LogP contribution in [0, 0.1) is 0 Å². The van der Waals surface area contributed by atoms with Crippen LogP contribution in [0.1, 0.15) is 18.2 Å². The van der Waals surface area contributed by atoms with E-state index < -0.39 is 23.0 Å². The van der Waals surface area contributed by atoms with Gasteiger partial charge < -0.3 is 9.29 Å². The van der Waals surface area contributed by atoms with Crippen molar-refractivity contribution in [3.63, 3.8) is 0 Å². The van der Waals surface area contributed by atoms with Gasteiger partial charge in [0.25, 0.3) is 0 Å². The molecule has 0 amide bonds. The van der Waals surface area contributed by atoms with Crippen molar-refractivity contribution in [2.75, 3.05) is 6.61 Å². The summed E-state index contributed by atoms with van der Waals surface area (Å²) in [6.07, 6.45) is -4.59. The Kier molecular flexibility index (Phi) is 5.85. The SMILES string of the molecule is CCOc1ccc(-n2nc(C(F)(F)F)cc2-c2ccc(CS(=O)[O-])cc2)cc1. The highest BCUT2D eigenvalue weighted by Gasteiger charge is 2.35. The normalized spacial score (nSPS) is 12.8. The van der Waals surface area contributed by atoms with Gasteiger partial charge in [0.1, 0.15) is 5.75 Å². The van der Waals surface area contributed by atoms with Crippen molar-refractivity contribution >= 4 is 11.1 Å². The van der Waals surface area contributed by atoms with Crippen LogP contribution < -0.4 is 4.74 Å². The maximum atomic E-state index is 13.2. The predicted octanol–water partition coefficient (Wildman–Crippen LogP) is 4.34. The van der Waals surface area contributed by atoms with E-state index in [1.54, 1.807) is 48.5 Å². The number of hydrogen-bond acceptors (Lipinski definition) is 4. The first-order chi connectivity index (χ1) is 13.3. The van der Waals surface area contributed by atoms with Gasteiger partial charge in [0.15, 0.2) is 5.69 Å². The van der Waals surface area contributed by atoms with Gasteiger partial charge in [0, 0.05) is 11.3 Å². The molecule has 1 atom stereocenters. The van der Waals surface area contributed by atoms with Crippen molar-refractivity contribution < 1.29 is 26.7 Å². The molecule has 1 aromatic heterocycles. The first-order valence-electron chi connectivity index (χ1n) is 8.33. The third-order valence-corrected chi connectivity index (χ3v) is 4.50. The topological polar surface area (TPSA) is 67.2 Å². The van der Waals surface area contributed by atoms with E-state index in [0.717, 1.165) is 6.07 Å². The van der Waals surface area contributed by atoms with Crippen molar-refractivity contribution in [1.29, 1.82) is 0 Å². The molecular weight excluding hydrogens is 393 g/mol. The van der Waals surface area contributed by atoms with Crippen LogP contribution in [0.15, 0.2) is 54.6 Å². The fourth-order valence-electron chi connectivity index (χ4n) is 2.68. The zero-order chi connectivity index (χ0) is 20.3. The fraction of sp³-hybridized carbons (Fsp3) is 0.211. The highest BCUT2D eigenvalue weighted by molar-refractivity contribution is 7.78. The maximum absolute atomic E-state index is 13.2. The predicted molar refractivity (Wildman–Crippen MR) is 97.8 cm³/mol. The summed E-state index contributed by atoms with van der Waals surface area (Å²) in [4.78, 5) is 0. The number of rotatable bonds is 6. The van der Waals surface area contributed by atoms with Crippen molar-refractivity contribution in [3.05, 3.63) is 65.9 Å². The molecule has 148 valence electrons. The molecule has 1 unspecified atom stereocenters. The minimum atomic E-state index is -4.59. The first-order valence-corrected chi connectivity index (χ1v) is 9.58. The van der Waals surface area contributed by atoms with Crippen molar-refractivity contribution in [2.45, 2.75) is 18.9 Å². The van der Waals surface area contributed by atoms with Crippen LogP contribution in [-0.4, -0.2) is 25.1 Å². The summed E-state index contributed by atoms with van der Waals surface area (Å²) in [5, 5.41) is 3.73. The van der Waals surface area contributed by atoms with Gasteiger partial charge in [-0.1, -0.05) is 35.3 Å². The van der Waals surface area contributed by atoms with Gasteiger partial charge >= 0.3 is 6.18 Å². The second kappa shape index (κ2) is 8.15. The summed E-state index contributed by atoms with van der Waals surface area (Å²) < 4.78 is 67.8. The van der Waals surface area contributed by atoms with Crippen LogP contribution in [0.3, 0.4) is 0 Å². The van der Waals surface area contributed by atoms with E-state index in [1.165, 1.54) is 4.68 Å². The number of aromatic nitrogens is 2. The van der Waals surface area contributed by atoms with E-state index in [-0.39, 0.29) is 11.4 Å². The van der Waals surface area contributed by atoms with Gasteiger partial charge in [0.05, 0.1) is 18.0 Å². The molecule has 3 rings (SSSR count). The molecule has 28 heavy (non-hydrogen) atoms. The summed E-state index contributed by atoms with van der Waals surface area (Å²) in [5.74, 6) is 0.442. The molecule has 0 fully saturated rings. The highest BCUT2D eigenvalue weighted by Crippen LogP contribution is 2.33. The molecule has 0 aliphatic heterocycles. The molecule has 9 heteroatoms. The van der Waals surface area contributed by atoms with E-state index in [9.17, 15) is 21.9 Å². The molecule has 2 aromatic carbocycles. The third kappa shape index (κ3) is 4.60. The van der Waals surface area contributed by atoms with E-state index >= 15 is 0 Å². The molecule has 1 heterocycles. The number of halogens is 3. The lowest BCUT2D eigenvalue weighted by molar-refractivity contribution is -0.141. The molecule has 0 bridgehead atoms. The molecule has 0 saturated heterocycles. The van der Waals surface area contributed by atoms with Crippen molar-refractivity contribution in [1.82, 2.24) is 9.78 Å². The van der Waals surface area contributed by atoms with Crippen LogP contribution in [0.25, 0.3) is 16.9 Å². The zero-order valence-electron chi connectivity index (χ0n) is 14.8. The second-order valence-corrected chi connectivity index (χ2v) is 6.79. The molecule has 0 saturated carbocycles. The lowest BCUT2D eigenvalue weighted by atomic mass is 10.1. The van der Waals surface area contributed by atoms with Crippen molar-refractivity contribution in [3.8, 4) is 22.7 Å². The van der Waals surface area contributed by atoms with Gasteiger partial charge in [-0.3, -0.25) is 4.21 Å². The highest BCUT2D eigenvalue weighted by atomic mass is 32.2. The second-order valence-electron chi connectivity index (χ2n) is 5.90. The Labute approximate surface area is 162 Å². The number of ether oxygens (including phenoxy) is 1. The molecular formula is C19H16F3N2O3S-. The van der Waals surface area contributed by atoms with E-state index in [0.29, 0.717) is 29.2 Å². The summed E-state index contributed by atoms with van der Waals surface area (Å²) in [7, 11) is 0. The standard InChI is InChI=1S/C19H17F3N2O3S/c1-2-27-16-9-7-15(8-10-16)24-17(11-18(23-24)19(20,21)22)14-5-3-13(4-6-14)12-28(25)26/h3-11H,2,12H2,1H3,(H,25,26)/p-1. The number of alkyl halides is 3. The fourth-order valence-corrected chi connectivity index (χ4v) is 3.14. The Bertz CT molecular complexity index is 968. The minimum absolute atomic E-state index is 0.160. The van der Waals surface area contributed by atoms with Crippen LogP contribution >= 0.6 is 0 Å². The molecule has 3 aromatic rings. The monoisotopic (exact) mass is 409 g/mol. The Morgan fingerprint density at radius 3 is 2.29 bits per heavy atom. The lowest BCUT2D eigenvalue weighted by Crippen LogP contribution is -2.07. The van der Waals surface area contributed by atoms with Gasteiger partial charge in [-0.15, -0.1) is 0 Å². The average Bonchev–Trinajstić information content (AvgIpc) is 3.08. The van der Waals surface area contributed by atoms with E-state index in [1.807, 2.05) is 6.92 Å². The van der Waals surface area contributed by atoms with Crippen LogP contribution in [0.5, 0.6) is 5.75 Å². The average molecular weight is 409 g/mol. The molecule has 0 radical (unpaired) electrons. The van der Waals surface area contributed by atoms with Crippen LogP contribution in [0.2, 0.25) is 0 Å². The molecule has 0 aliphatic rings. The first kappa shape index (κ1) is 20.1. The van der Waals surface area contributed by atoms with E-state index in [2.05, 4.69) is 5.10 Å². The van der Waals surface area contributed by atoms with Gasteiger partial charge in [-0.2, -0.15) is 18.3 Å². The lowest BCUT2D eigenvalue weighted by Gasteiger charge is -2.10. The molecule has 5 nitrogen and oxygen atoms in total. The number of nitrogens with zero attached hydrogens (tertiary/aromatic N) is 2. The summed E-state index contributed by atoms with van der Waals surface area (Å²) >= 11 is -2.24. The zero-order valence-corrected chi connectivity index (χ0v) is 15.6. The molecule has 0 spiro atoms. The number of benzene rings is 2. The minimum Gasteiger partial charge on any atom is -0.772 e. The summed E-state index contributed by atoms with van der Waals surface area (Å²) in [6, 6.07) is 13.8. The Morgan fingerprint density at radius 1 is 1.11 bits per heavy atom. The van der Waals surface area contributed by atoms with Crippen LogP contribution in [-0.2, 0) is 23.0 Å². The van der Waals surface area contributed by atoms with Gasteiger partial charge in [-0.05, 0) is 42.8 Å². The van der Waals surface area contributed by atoms with Gasteiger partial charge in [0.2, 0.25) is 0 Å². The number of hydrogen-bond donors (Lipinski definition) is 0. The Hall–Kier alpha value is -2.65. The summed E-state index contributed by atoms with van der Waals surface area (Å²) in [5.41, 5.74) is 0.698. The maximum Gasteiger partial charge on any atom is 0.435 e. The van der Waals surface area contributed by atoms with Crippen molar-refractivity contribution in [2.24, 2.45) is 0 Å². The van der Waals surface area contributed by atoms with E-state index in [4.69, 9.17) is 4.74 Å². The third-order valence-electron chi connectivity index (χ3n) is 3.93. The smallest absolute Gasteiger partial charge is 0.435 e. The molecule has 0 N–H and O–H groups in total. The molecule has 0 aliphatic carbocycles.